The van der Waals surface area contributed by atoms with E-state index >= 15 is 0 Å². The molecule has 1 heterocycles. The number of anilines is 1. The molecule has 0 atom stereocenters. The zero-order chi connectivity index (χ0) is 12.2. The van der Waals surface area contributed by atoms with Crippen LogP contribution >= 0.6 is 11.3 Å². The molecule has 2 N–H and O–H groups in total. The third-order valence-corrected chi connectivity index (χ3v) is 3.99. The lowest BCUT2D eigenvalue weighted by atomic mass is 10.4. The zero-order valence-corrected chi connectivity index (χ0v) is 11.3. The van der Waals surface area contributed by atoms with Gasteiger partial charge in [-0.05, 0) is 6.92 Å². The third kappa shape index (κ3) is 4.91. The maximum Gasteiger partial charge on any atom is 0.235 e. The Bertz CT molecular complexity index is 426. The fraction of sp³-hybridized carbons (Fsp3) is 0.667. The maximum atomic E-state index is 11.6. The summed E-state index contributed by atoms with van der Waals surface area (Å²) in [6, 6.07) is 0.289. The van der Waals surface area contributed by atoms with Crippen LogP contribution in [0.25, 0.3) is 0 Å². The topological polar surface area (TPSA) is 71.1 Å². The Kier molecular flexibility index (Phi) is 4.69. The van der Waals surface area contributed by atoms with Crippen LogP contribution in [0.15, 0.2) is 6.20 Å². The van der Waals surface area contributed by atoms with Crippen LogP contribution in [-0.2, 0) is 10.0 Å². The molecule has 0 aromatic carbocycles. The van der Waals surface area contributed by atoms with Crippen molar-refractivity contribution < 1.29 is 8.42 Å². The van der Waals surface area contributed by atoms with Gasteiger partial charge < -0.3 is 5.32 Å². The molecule has 0 aliphatic carbocycles. The van der Waals surface area contributed by atoms with E-state index in [1.54, 1.807) is 6.20 Å². The lowest BCUT2D eigenvalue weighted by molar-refractivity contribution is 0.582. The van der Waals surface area contributed by atoms with Gasteiger partial charge in [0.2, 0.25) is 10.0 Å². The van der Waals surface area contributed by atoms with E-state index in [-0.39, 0.29) is 11.8 Å². The van der Waals surface area contributed by atoms with Crippen molar-refractivity contribution in [2.24, 2.45) is 0 Å². The number of hydrogen-bond donors (Lipinski definition) is 2. The molecule has 92 valence electrons. The second kappa shape index (κ2) is 5.60. The number of rotatable bonds is 6. The number of nitrogens with zero attached hydrogens (tertiary/aromatic N) is 1. The highest BCUT2D eigenvalue weighted by atomic mass is 32.2. The summed E-state index contributed by atoms with van der Waals surface area (Å²) in [5.41, 5.74) is 0. The van der Waals surface area contributed by atoms with Gasteiger partial charge in [0.1, 0.15) is 0 Å². The lowest BCUT2D eigenvalue weighted by Crippen LogP contribution is -2.30. The summed E-state index contributed by atoms with van der Waals surface area (Å²) in [6.45, 7) is 6.28. The Hall–Kier alpha value is -0.660. The smallest absolute Gasteiger partial charge is 0.235 e. The fourth-order valence-corrected chi connectivity index (χ4v) is 2.94. The second-order valence-electron chi connectivity index (χ2n) is 3.81. The summed E-state index contributed by atoms with van der Waals surface area (Å²) < 4.78 is 25.7. The first-order chi connectivity index (χ1) is 7.39. The number of thiazole rings is 1. The molecule has 0 spiro atoms. The van der Waals surface area contributed by atoms with E-state index in [0.29, 0.717) is 11.7 Å². The van der Waals surface area contributed by atoms with Crippen molar-refractivity contribution in [1.29, 1.82) is 0 Å². The largest absolute Gasteiger partial charge is 0.313 e. The molecule has 1 aromatic heterocycles. The molecule has 0 radical (unpaired) electrons. The van der Waals surface area contributed by atoms with Gasteiger partial charge in [-0.2, -0.15) is 0 Å². The van der Waals surface area contributed by atoms with Gasteiger partial charge in [-0.25, -0.2) is 13.4 Å². The van der Waals surface area contributed by atoms with Gasteiger partial charge in [-0.15, -0.1) is 11.3 Å². The van der Waals surface area contributed by atoms with Crippen LogP contribution in [0.4, 0.5) is 5.13 Å². The van der Waals surface area contributed by atoms with Crippen molar-refractivity contribution in [2.45, 2.75) is 26.8 Å². The van der Waals surface area contributed by atoms with Crippen molar-refractivity contribution in [3.63, 3.8) is 0 Å². The SMILES string of the molecule is Cc1cnc(NS(=O)(=O)CCNC(C)C)s1. The fourth-order valence-electron chi connectivity index (χ4n) is 1.07. The molecule has 0 saturated carbocycles. The molecular formula is C9H17N3O2S2. The number of hydrogen-bond acceptors (Lipinski definition) is 5. The van der Waals surface area contributed by atoms with Gasteiger partial charge in [0, 0.05) is 23.7 Å². The molecular weight excluding hydrogens is 246 g/mol. The maximum absolute atomic E-state index is 11.6. The van der Waals surface area contributed by atoms with Gasteiger partial charge in [-0.3, -0.25) is 4.72 Å². The Morgan fingerprint density at radius 1 is 1.50 bits per heavy atom. The Morgan fingerprint density at radius 3 is 2.69 bits per heavy atom. The summed E-state index contributed by atoms with van der Waals surface area (Å²) in [5, 5.41) is 3.49. The van der Waals surface area contributed by atoms with Gasteiger partial charge in [-0.1, -0.05) is 13.8 Å². The average Bonchev–Trinajstić information content (AvgIpc) is 2.48. The molecule has 16 heavy (non-hydrogen) atoms. The number of aryl methyl sites for hydroxylation is 1. The molecule has 0 aliphatic rings. The first-order valence-electron chi connectivity index (χ1n) is 5.05. The van der Waals surface area contributed by atoms with Crippen LogP contribution in [0, 0.1) is 6.92 Å². The van der Waals surface area contributed by atoms with Gasteiger partial charge >= 0.3 is 0 Å². The lowest BCUT2D eigenvalue weighted by Gasteiger charge is -2.08. The molecule has 0 unspecified atom stereocenters. The third-order valence-electron chi connectivity index (χ3n) is 1.79. The van der Waals surface area contributed by atoms with Crippen LogP contribution in [-0.4, -0.2) is 31.7 Å². The van der Waals surface area contributed by atoms with E-state index in [1.165, 1.54) is 11.3 Å². The summed E-state index contributed by atoms with van der Waals surface area (Å²) in [7, 11) is -3.28. The minimum Gasteiger partial charge on any atom is -0.313 e. The molecule has 7 heteroatoms. The van der Waals surface area contributed by atoms with Crippen LogP contribution in [0.1, 0.15) is 18.7 Å². The highest BCUT2D eigenvalue weighted by Crippen LogP contribution is 2.17. The highest BCUT2D eigenvalue weighted by molar-refractivity contribution is 7.92. The van der Waals surface area contributed by atoms with E-state index in [1.807, 2.05) is 20.8 Å². The summed E-state index contributed by atoms with van der Waals surface area (Å²) in [6.07, 6.45) is 1.65. The highest BCUT2D eigenvalue weighted by Gasteiger charge is 2.12. The van der Waals surface area contributed by atoms with E-state index in [2.05, 4.69) is 15.0 Å². The normalized spacial score (nSPS) is 12.0. The first-order valence-corrected chi connectivity index (χ1v) is 7.52. The first kappa shape index (κ1) is 13.4. The zero-order valence-electron chi connectivity index (χ0n) is 9.65. The molecule has 0 fully saturated rings. The van der Waals surface area contributed by atoms with Gasteiger partial charge in [0.05, 0.1) is 5.75 Å². The van der Waals surface area contributed by atoms with Crippen molar-refractivity contribution in [2.75, 3.05) is 17.0 Å². The van der Waals surface area contributed by atoms with E-state index in [0.717, 1.165) is 4.88 Å². The predicted octanol–water partition coefficient (Wildman–Crippen LogP) is 1.19. The van der Waals surface area contributed by atoms with Crippen LogP contribution in [0.5, 0.6) is 0 Å². The molecule has 1 aromatic rings. The Labute approximate surface area is 100 Å². The second-order valence-corrected chi connectivity index (χ2v) is 6.88. The molecule has 0 bridgehead atoms. The number of sulfonamides is 1. The Balaban J connectivity index is 2.46. The molecule has 5 nitrogen and oxygen atoms in total. The minimum absolute atomic E-state index is 0.0593. The summed E-state index contributed by atoms with van der Waals surface area (Å²) in [4.78, 5) is 4.94. The van der Waals surface area contributed by atoms with E-state index in [4.69, 9.17) is 0 Å². The number of aromatic nitrogens is 1. The van der Waals surface area contributed by atoms with E-state index < -0.39 is 10.0 Å². The van der Waals surface area contributed by atoms with Crippen LogP contribution < -0.4 is 10.0 Å². The molecule has 0 aliphatic heterocycles. The van der Waals surface area contributed by atoms with Gasteiger partial charge in [0.15, 0.2) is 5.13 Å². The van der Waals surface area contributed by atoms with Crippen molar-refractivity contribution >= 4 is 26.5 Å². The van der Waals surface area contributed by atoms with Crippen molar-refractivity contribution in [1.82, 2.24) is 10.3 Å². The summed E-state index contributed by atoms with van der Waals surface area (Å²) in [5.74, 6) is 0.0593. The monoisotopic (exact) mass is 263 g/mol. The average molecular weight is 263 g/mol. The standard InChI is InChI=1S/C9H17N3O2S2/c1-7(2)10-4-5-16(13,14)12-9-11-6-8(3)15-9/h6-7,10H,4-5H2,1-3H3,(H,11,12). The van der Waals surface area contributed by atoms with Crippen LogP contribution in [0.3, 0.4) is 0 Å². The quantitative estimate of drug-likeness (QED) is 0.809. The van der Waals surface area contributed by atoms with Gasteiger partial charge in [0.25, 0.3) is 0 Å². The summed E-state index contributed by atoms with van der Waals surface area (Å²) >= 11 is 1.33. The number of nitrogens with one attached hydrogen (secondary N) is 2. The Morgan fingerprint density at radius 2 is 2.19 bits per heavy atom. The predicted molar refractivity (Wildman–Crippen MR) is 67.4 cm³/mol. The van der Waals surface area contributed by atoms with E-state index in [9.17, 15) is 8.42 Å². The van der Waals surface area contributed by atoms with Crippen LogP contribution in [0.2, 0.25) is 0 Å². The molecule has 1 rings (SSSR count). The molecule has 0 saturated heterocycles. The van der Waals surface area contributed by atoms with Crippen molar-refractivity contribution in [3.05, 3.63) is 11.1 Å². The minimum atomic E-state index is -3.28. The van der Waals surface area contributed by atoms with Crippen molar-refractivity contribution in [3.8, 4) is 0 Å². The molecule has 0 amide bonds.